The average Bonchev–Trinajstić information content (AvgIpc) is 2.99. The van der Waals surface area contributed by atoms with Crippen molar-refractivity contribution in [3.63, 3.8) is 0 Å². The van der Waals surface area contributed by atoms with Crippen molar-refractivity contribution in [1.29, 1.82) is 0 Å². The number of nitrogens with zero attached hydrogens (tertiary/aromatic N) is 3. The second-order valence-corrected chi connectivity index (χ2v) is 6.51. The Hall–Kier alpha value is -3.40. The molecule has 0 fully saturated rings. The maximum absolute atomic E-state index is 12.7. The Balaban J connectivity index is 1.79. The lowest BCUT2D eigenvalue weighted by Gasteiger charge is -2.21. The van der Waals surface area contributed by atoms with E-state index in [1.54, 1.807) is 4.90 Å². The quantitative estimate of drug-likeness (QED) is 0.498. The van der Waals surface area contributed by atoms with Crippen molar-refractivity contribution in [3.8, 4) is 0 Å². The third kappa shape index (κ3) is 5.32. The molecule has 1 amide bonds. The van der Waals surface area contributed by atoms with Crippen LogP contribution in [0.25, 0.3) is 0 Å². The lowest BCUT2D eigenvalue weighted by Crippen LogP contribution is -2.33. The van der Waals surface area contributed by atoms with Gasteiger partial charge >= 0.3 is 5.97 Å². The molecule has 1 aliphatic heterocycles. The summed E-state index contributed by atoms with van der Waals surface area (Å²) in [6.07, 6.45) is 0. The highest BCUT2D eigenvalue weighted by Gasteiger charge is 2.31. The number of benzene rings is 1. The van der Waals surface area contributed by atoms with E-state index in [1.807, 2.05) is 35.2 Å². The molecule has 10 nitrogen and oxygen atoms in total. The number of rotatable bonds is 8. The molecule has 10 heteroatoms. The first kappa shape index (κ1) is 20.3. The minimum Gasteiger partial charge on any atom is -0.463 e. The van der Waals surface area contributed by atoms with E-state index in [0.717, 1.165) is 5.56 Å². The van der Waals surface area contributed by atoms with Crippen molar-refractivity contribution in [1.82, 2.24) is 9.97 Å². The number of fused-ring (bicyclic) bond motifs is 1. The number of aromatic amines is 1. The Bertz CT molecular complexity index is 930. The fraction of sp³-hybridized carbons (Fsp3) is 0.368. The Labute approximate surface area is 167 Å². The van der Waals surface area contributed by atoms with Gasteiger partial charge < -0.3 is 19.3 Å². The number of esters is 1. The number of carbonyl (C=O) groups is 2. The summed E-state index contributed by atoms with van der Waals surface area (Å²) in [5, 5.41) is 2.50. The monoisotopic (exact) mass is 401 g/mol. The maximum Gasteiger partial charge on any atom is 0.302 e. The second kappa shape index (κ2) is 9.20. The third-order valence-electron chi connectivity index (χ3n) is 4.12. The van der Waals surface area contributed by atoms with Crippen molar-refractivity contribution in [2.24, 2.45) is 0 Å². The normalized spacial score (nSPS) is 12.6. The predicted octanol–water partition coefficient (Wildman–Crippen LogP) is 1.05. The van der Waals surface area contributed by atoms with Crippen LogP contribution in [0, 0.1) is 0 Å². The van der Waals surface area contributed by atoms with Crippen LogP contribution in [0.4, 0.5) is 17.5 Å². The molecule has 0 aliphatic carbocycles. The van der Waals surface area contributed by atoms with E-state index in [9.17, 15) is 14.4 Å². The van der Waals surface area contributed by atoms with Crippen LogP contribution >= 0.6 is 0 Å². The smallest absolute Gasteiger partial charge is 0.302 e. The molecule has 0 spiro atoms. The fourth-order valence-electron chi connectivity index (χ4n) is 2.98. The van der Waals surface area contributed by atoms with Crippen LogP contribution in [0.1, 0.15) is 19.4 Å². The average molecular weight is 401 g/mol. The van der Waals surface area contributed by atoms with E-state index < -0.39 is 0 Å². The first-order chi connectivity index (χ1) is 13.9. The van der Waals surface area contributed by atoms with E-state index in [0.29, 0.717) is 24.7 Å². The number of nitrogens with one attached hydrogen (secondary N) is 2. The van der Waals surface area contributed by atoms with E-state index in [-0.39, 0.29) is 43.3 Å². The molecule has 0 saturated heterocycles. The summed E-state index contributed by atoms with van der Waals surface area (Å²) >= 11 is 0. The lowest BCUT2D eigenvalue weighted by molar-refractivity contribution is -0.142. The number of anilines is 3. The highest BCUT2D eigenvalue weighted by Crippen LogP contribution is 2.32. The summed E-state index contributed by atoms with van der Waals surface area (Å²) in [5.41, 5.74) is 1.10. The maximum atomic E-state index is 12.7. The number of aromatic nitrogens is 2. The Morgan fingerprint density at radius 2 is 1.93 bits per heavy atom. The molecule has 1 aromatic carbocycles. The highest BCUT2D eigenvalue weighted by atomic mass is 16.6. The van der Waals surface area contributed by atoms with E-state index in [2.05, 4.69) is 15.3 Å². The number of ether oxygens (including phenoxy) is 2. The van der Waals surface area contributed by atoms with Gasteiger partial charge in [-0.15, -0.1) is 0 Å². The Morgan fingerprint density at radius 1 is 1.17 bits per heavy atom. The zero-order valence-corrected chi connectivity index (χ0v) is 16.3. The molecule has 0 unspecified atom stereocenters. The molecule has 1 aliphatic rings. The molecular weight excluding hydrogens is 378 g/mol. The van der Waals surface area contributed by atoms with Crippen LogP contribution in [-0.2, 0) is 25.6 Å². The Morgan fingerprint density at radius 3 is 2.62 bits per heavy atom. The number of hydrogen-bond acceptors (Lipinski definition) is 8. The lowest BCUT2D eigenvalue weighted by atomic mass is 10.2. The van der Waals surface area contributed by atoms with Crippen molar-refractivity contribution in [3.05, 3.63) is 46.2 Å². The molecule has 29 heavy (non-hydrogen) atoms. The highest BCUT2D eigenvalue weighted by molar-refractivity contribution is 5.87. The van der Waals surface area contributed by atoms with Crippen LogP contribution in [0.2, 0.25) is 0 Å². The molecule has 0 atom stereocenters. The van der Waals surface area contributed by atoms with Crippen LogP contribution in [0.3, 0.4) is 0 Å². The van der Waals surface area contributed by atoms with E-state index >= 15 is 0 Å². The molecule has 0 radical (unpaired) electrons. The molecule has 1 aromatic heterocycles. The van der Waals surface area contributed by atoms with Crippen molar-refractivity contribution in [2.45, 2.75) is 20.4 Å². The minimum atomic E-state index is -0.373. The number of hydrogen-bond donors (Lipinski definition) is 2. The van der Waals surface area contributed by atoms with Gasteiger partial charge in [-0.1, -0.05) is 30.3 Å². The summed E-state index contributed by atoms with van der Waals surface area (Å²) in [7, 11) is 0. The van der Waals surface area contributed by atoms with Gasteiger partial charge in [0.05, 0.1) is 13.3 Å². The standard InChI is InChI=1S/C19H23N5O5/c1-13(25)20-19-21-17-16(18(27)22-19)23(10-15-6-4-3-5-7-15)11-24(17)12-28-8-9-29-14(2)26/h3-7H,8-12H2,1-2H3,(H2,20,21,22,25,27). The molecular formula is C19H23N5O5. The van der Waals surface area contributed by atoms with Crippen molar-refractivity contribution >= 4 is 29.3 Å². The van der Waals surface area contributed by atoms with Crippen LogP contribution in [0.15, 0.2) is 35.1 Å². The molecule has 2 heterocycles. The van der Waals surface area contributed by atoms with Gasteiger partial charge in [0.15, 0.2) is 5.82 Å². The molecule has 0 saturated carbocycles. The minimum absolute atomic E-state index is 0.0766. The van der Waals surface area contributed by atoms with Crippen LogP contribution in [0.5, 0.6) is 0 Å². The van der Waals surface area contributed by atoms with Gasteiger partial charge in [0.1, 0.15) is 19.0 Å². The number of H-pyrrole nitrogens is 1. The summed E-state index contributed by atoms with van der Waals surface area (Å²) < 4.78 is 10.4. The zero-order chi connectivity index (χ0) is 20.8. The SMILES string of the molecule is CC(=O)Nc1nc2c(c(=O)[nH]1)N(Cc1ccccc1)CN2COCCOC(C)=O. The van der Waals surface area contributed by atoms with Gasteiger partial charge in [0.2, 0.25) is 11.9 Å². The first-order valence-electron chi connectivity index (χ1n) is 9.11. The largest absolute Gasteiger partial charge is 0.463 e. The van der Waals surface area contributed by atoms with Gasteiger partial charge in [0.25, 0.3) is 5.56 Å². The first-order valence-corrected chi connectivity index (χ1v) is 9.11. The Kier molecular flexibility index (Phi) is 6.45. The number of amides is 1. The molecule has 3 rings (SSSR count). The predicted molar refractivity (Wildman–Crippen MR) is 107 cm³/mol. The molecule has 154 valence electrons. The van der Waals surface area contributed by atoms with Gasteiger partial charge in [-0.3, -0.25) is 24.7 Å². The third-order valence-corrected chi connectivity index (χ3v) is 4.12. The molecule has 2 N–H and O–H groups in total. The summed E-state index contributed by atoms with van der Waals surface area (Å²) in [6.45, 7) is 4.08. The zero-order valence-electron chi connectivity index (χ0n) is 16.3. The van der Waals surface area contributed by atoms with Gasteiger partial charge in [-0.25, -0.2) is 0 Å². The number of carbonyl (C=O) groups excluding carboxylic acids is 2. The van der Waals surface area contributed by atoms with E-state index in [1.165, 1.54) is 13.8 Å². The second-order valence-electron chi connectivity index (χ2n) is 6.51. The molecule has 0 bridgehead atoms. The van der Waals surface area contributed by atoms with E-state index in [4.69, 9.17) is 9.47 Å². The van der Waals surface area contributed by atoms with Crippen LogP contribution < -0.4 is 20.7 Å². The summed E-state index contributed by atoms with van der Waals surface area (Å²) in [4.78, 5) is 45.5. The van der Waals surface area contributed by atoms with Crippen molar-refractivity contribution < 1.29 is 19.1 Å². The van der Waals surface area contributed by atoms with Gasteiger partial charge in [-0.05, 0) is 5.56 Å². The summed E-state index contributed by atoms with van der Waals surface area (Å²) in [6, 6.07) is 9.75. The topological polar surface area (TPSA) is 117 Å². The van der Waals surface area contributed by atoms with Gasteiger partial charge in [0, 0.05) is 20.4 Å². The van der Waals surface area contributed by atoms with Crippen molar-refractivity contribution in [2.75, 3.05) is 41.7 Å². The molecule has 2 aromatic rings. The summed E-state index contributed by atoms with van der Waals surface area (Å²) in [5.74, 6) is -0.215. The fourth-order valence-corrected chi connectivity index (χ4v) is 2.98. The van der Waals surface area contributed by atoms with Crippen LogP contribution in [-0.4, -0.2) is 48.5 Å². The van der Waals surface area contributed by atoms with Gasteiger partial charge in [-0.2, -0.15) is 4.98 Å².